The molecule has 1 fully saturated rings. The molecule has 1 amide bonds. The second-order valence-corrected chi connectivity index (χ2v) is 4.63. The van der Waals surface area contributed by atoms with Crippen LogP contribution < -0.4 is 10.2 Å². The van der Waals surface area contributed by atoms with Crippen molar-refractivity contribution in [3.8, 4) is 0 Å². The van der Waals surface area contributed by atoms with Crippen LogP contribution >= 0.6 is 11.6 Å². The number of rotatable bonds is 2. The van der Waals surface area contributed by atoms with E-state index in [0.717, 1.165) is 11.3 Å². The van der Waals surface area contributed by atoms with Crippen molar-refractivity contribution in [2.45, 2.75) is 13.0 Å². The fourth-order valence-electron chi connectivity index (χ4n) is 2.01. The van der Waals surface area contributed by atoms with Crippen molar-refractivity contribution in [3.05, 3.63) is 28.8 Å². The van der Waals surface area contributed by atoms with Crippen LogP contribution in [-0.2, 0) is 9.59 Å². The highest BCUT2D eigenvalue weighted by Crippen LogP contribution is 2.27. The normalized spacial score (nSPS) is 19.6. The lowest BCUT2D eigenvalue weighted by atomic mass is 10.1. The zero-order valence-corrected chi connectivity index (χ0v) is 10.6. The molecule has 18 heavy (non-hydrogen) atoms. The van der Waals surface area contributed by atoms with Crippen molar-refractivity contribution < 1.29 is 14.7 Å². The van der Waals surface area contributed by atoms with Crippen molar-refractivity contribution in [3.63, 3.8) is 0 Å². The number of nitrogens with one attached hydrogen (secondary N) is 1. The van der Waals surface area contributed by atoms with Gasteiger partial charge in [0.2, 0.25) is 5.91 Å². The molecule has 6 heteroatoms. The van der Waals surface area contributed by atoms with Gasteiger partial charge in [-0.2, -0.15) is 0 Å². The zero-order chi connectivity index (χ0) is 13.3. The van der Waals surface area contributed by atoms with Crippen molar-refractivity contribution in [1.29, 1.82) is 0 Å². The molecule has 0 saturated carbocycles. The molecule has 0 bridgehead atoms. The van der Waals surface area contributed by atoms with Crippen LogP contribution in [0.3, 0.4) is 0 Å². The Balaban J connectivity index is 2.29. The molecular formula is C12H13ClN2O3. The van der Waals surface area contributed by atoms with E-state index >= 15 is 0 Å². The lowest BCUT2D eigenvalue weighted by molar-refractivity contribution is -0.142. The van der Waals surface area contributed by atoms with Gasteiger partial charge in [0.1, 0.15) is 6.04 Å². The van der Waals surface area contributed by atoms with Gasteiger partial charge in [0.15, 0.2) is 0 Å². The Kier molecular flexibility index (Phi) is 3.43. The van der Waals surface area contributed by atoms with E-state index in [4.69, 9.17) is 16.7 Å². The van der Waals surface area contributed by atoms with Crippen molar-refractivity contribution in [2.75, 3.05) is 18.0 Å². The van der Waals surface area contributed by atoms with Crippen molar-refractivity contribution in [1.82, 2.24) is 5.32 Å². The number of amides is 1. The summed E-state index contributed by atoms with van der Waals surface area (Å²) < 4.78 is 0. The third-order valence-corrected chi connectivity index (χ3v) is 3.36. The minimum Gasteiger partial charge on any atom is -0.480 e. The number of carboxylic acid groups (broad SMARTS) is 1. The highest BCUT2D eigenvalue weighted by atomic mass is 35.5. The van der Waals surface area contributed by atoms with Gasteiger partial charge in [-0.05, 0) is 24.6 Å². The summed E-state index contributed by atoms with van der Waals surface area (Å²) in [5.41, 5.74) is 1.64. The molecule has 0 radical (unpaired) electrons. The first-order valence-electron chi connectivity index (χ1n) is 5.51. The van der Waals surface area contributed by atoms with Crippen LogP contribution in [0.15, 0.2) is 18.2 Å². The third kappa shape index (κ3) is 2.41. The fraction of sp³-hybridized carbons (Fsp3) is 0.333. The molecule has 96 valence electrons. The smallest absolute Gasteiger partial charge is 0.328 e. The van der Waals surface area contributed by atoms with Crippen molar-refractivity contribution >= 4 is 29.2 Å². The van der Waals surface area contributed by atoms with E-state index in [-0.39, 0.29) is 19.0 Å². The number of nitrogens with zero attached hydrogens (tertiary/aromatic N) is 1. The third-order valence-electron chi connectivity index (χ3n) is 2.95. The number of aliphatic carboxylic acids is 1. The Hall–Kier alpha value is -1.75. The Bertz CT molecular complexity index is 504. The summed E-state index contributed by atoms with van der Waals surface area (Å²) in [4.78, 5) is 24.2. The van der Waals surface area contributed by atoms with E-state index in [2.05, 4.69) is 5.32 Å². The van der Waals surface area contributed by atoms with Gasteiger partial charge in [-0.25, -0.2) is 4.79 Å². The summed E-state index contributed by atoms with van der Waals surface area (Å²) in [6.45, 7) is 2.23. The van der Waals surface area contributed by atoms with Crippen LogP contribution in [0, 0.1) is 6.92 Å². The van der Waals surface area contributed by atoms with Gasteiger partial charge in [0.05, 0.1) is 6.54 Å². The molecular weight excluding hydrogens is 256 g/mol. The Morgan fingerprint density at radius 2 is 2.28 bits per heavy atom. The van der Waals surface area contributed by atoms with E-state index in [9.17, 15) is 9.59 Å². The first-order chi connectivity index (χ1) is 8.49. The van der Waals surface area contributed by atoms with Gasteiger partial charge in [0.25, 0.3) is 0 Å². The predicted molar refractivity (Wildman–Crippen MR) is 68.0 cm³/mol. The van der Waals surface area contributed by atoms with Crippen LogP contribution in [0.5, 0.6) is 0 Å². The van der Waals surface area contributed by atoms with E-state index in [1.807, 2.05) is 13.0 Å². The number of hydrogen-bond acceptors (Lipinski definition) is 3. The lowest BCUT2D eigenvalue weighted by Crippen LogP contribution is -2.57. The summed E-state index contributed by atoms with van der Waals surface area (Å²) in [7, 11) is 0. The second-order valence-electron chi connectivity index (χ2n) is 4.22. The number of benzene rings is 1. The molecule has 1 atom stereocenters. The molecule has 1 aliphatic heterocycles. The molecule has 0 aliphatic carbocycles. The number of hydrogen-bond donors (Lipinski definition) is 2. The summed E-state index contributed by atoms with van der Waals surface area (Å²) in [5.74, 6) is -1.33. The number of carbonyl (C=O) groups excluding carboxylic acids is 1. The molecule has 1 aromatic rings. The summed E-state index contributed by atoms with van der Waals surface area (Å²) in [6, 6.07) is 4.50. The van der Waals surface area contributed by atoms with E-state index in [0.29, 0.717) is 5.02 Å². The molecule has 0 spiro atoms. The standard InChI is InChI=1S/C12H13ClN2O3/c1-7-8(13)3-2-4-10(7)15-5-9(12(17)18)14-11(16)6-15/h2-4,9H,5-6H2,1H3,(H,14,16)(H,17,18). The monoisotopic (exact) mass is 268 g/mol. The Morgan fingerprint density at radius 3 is 2.94 bits per heavy atom. The maximum Gasteiger partial charge on any atom is 0.328 e. The molecule has 1 aromatic carbocycles. The molecule has 1 aliphatic rings. The van der Waals surface area contributed by atoms with Crippen molar-refractivity contribution in [2.24, 2.45) is 0 Å². The molecule has 2 N–H and O–H groups in total. The maximum absolute atomic E-state index is 11.5. The van der Waals surface area contributed by atoms with Gasteiger partial charge in [-0.15, -0.1) is 0 Å². The number of anilines is 1. The van der Waals surface area contributed by atoms with Gasteiger partial charge >= 0.3 is 5.97 Å². The van der Waals surface area contributed by atoms with Gasteiger partial charge in [-0.1, -0.05) is 17.7 Å². The summed E-state index contributed by atoms with van der Waals surface area (Å²) in [5, 5.41) is 12.0. The van der Waals surface area contributed by atoms with Gasteiger partial charge < -0.3 is 15.3 Å². The minimum atomic E-state index is -1.03. The Labute approximate surface area is 109 Å². The minimum absolute atomic E-state index is 0.144. The first-order valence-corrected chi connectivity index (χ1v) is 5.89. The molecule has 5 nitrogen and oxygen atoms in total. The lowest BCUT2D eigenvalue weighted by Gasteiger charge is -2.33. The topological polar surface area (TPSA) is 69.6 Å². The van der Waals surface area contributed by atoms with Crippen LogP contribution in [0.2, 0.25) is 5.02 Å². The van der Waals surface area contributed by atoms with Crippen LogP contribution in [0.4, 0.5) is 5.69 Å². The zero-order valence-electron chi connectivity index (χ0n) is 9.81. The van der Waals surface area contributed by atoms with Crippen LogP contribution in [0.1, 0.15) is 5.56 Å². The largest absolute Gasteiger partial charge is 0.480 e. The highest BCUT2D eigenvalue weighted by Gasteiger charge is 2.30. The maximum atomic E-state index is 11.5. The molecule has 0 aromatic heterocycles. The number of piperazine rings is 1. The number of halogens is 1. The second kappa shape index (κ2) is 4.86. The predicted octanol–water partition coefficient (Wildman–Crippen LogP) is 1.04. The quantitative estimate of drug-likeness (QED) is 0.841. The Morgan fingerprint density at radius 1 is 1.56 bits per heavy atom. The van der Waals surface area contributed by atoms with Gasteiger partial charge in [-0.3, -0.25) is 4.79 Å². The molecule has 1 saturated heterocycles. The van der Waals surface area contributed by atoms with E-state index in [1.165, 1.54) is 0 Å². The average molecular weight is 269 g/mol. The fourth-order valence-corrected chi connectivity index (χ4v) is 2.18. The van der Waals surface area contributed by atoms with E-state index < -0.39 is 12.0 Å². The molecule has 2 rings (SSSR count). The SMILES string of the molecule is Cc1c(Cl)cccc1N1CC(=O)NC(C(=O)O)C1. The average Bonchev–Trinajstić information content (AvgIpc) is 2.31. The molecule has 1 unspecified atom stereocenters. The number of carbonyl (C=O) groups is 2. The van der Waals surface area contributed by atoms with Crippen LogP contribution in [0.25, 0.3) is 0 Å². The highest BCUT2D eigenvalue weighted by molar-refractivity contribution is 6.31. The first kappa shape index (κ1) is 12.7. The van der Waals surface area contributed by atoms with E-state index in [1.54, 1.807) is 17.0 Å². The van der Waals surface area contributed by atoms with Gasteiger partial charge in [0, 0.05) is 17.3 Å². The summed E-state index contributed by atoms with van der Waals surface area (Å²) in [6.07, 6.45) is 0. The number of carboxylic acids is 1. The summed E-state index contributed by atoms with van der Waals surface area (Å²) >= 11 is 6.02. The van der Waals surface area contributed by atoms with Crippen LogP contribution in [-0.4, -0.2) is 36.1 Å². The molecule has 1 heterocycles.